The van der Waals surface area contributed by atoms with E-state index in [4.69, 9.17) is 11.6 Å². The van der Waals surface area contributed by atoms with Gasteiger partial charge in [-0.1, -0.05) is 17.7 Å². The van der Waals surface area contributed by atoms with Gasteiger partial charge >= 0.3 is 0 Å². The van der Waals surface area contributed by atoms with E-state index in [1.807, 2.05) is 6.07 Å². The zero-order valence-electron chi connectivity index (χ0n) is 11.7. The quantitative estimate of drug-likeness (QED) is 0.895. The van der Waals surface area contributed by atoms with Crippen LogP contribution in [0.2, 0.25) is 5.02 Å². The molecule has 1 N–H and O–H groups in total. The highest BCUT2D eigenvalue weighted by atomic mass is 35.5. The van der Waals surface area contributed by atoms with Crippen molar-refractivity contribution in [3.05, 3.63) is 34.6 Å². The third-order valence-corrected chi connectivity index (χ3v) is 4.64. The van der Waals surface area contributed by atoms with Gasteiger partial charge in [-0.2, -0.15) is 0 Å². The molecule has 2 aliphatic rings. The average Bonchev–Trinajstić information content (AvgIpc) is 3.24. The molecule has 2 fully saturated rings. The minimum atomic E-state index is -0.260. The summed E-state index contributed by atoms with van der Waals surface area (Å²) in [4.78, 5) is 2.45. The molecule has 20 heavy (non-hydrogen) atoms. The van der Waals surface area contributed by atoms with E-state index in [-0.39, 0.29) is 5.82 Å². The fourth-order valence-corrected chi connectivity index (χ4v) is 3.20. The van der Waals surface area contributed by atoms with E-state index in [0.29, 0.717) is 5.02 Å². The number of nitrogens with zero attached hydrogens (tertiary/aromatic N) is 1. The second kappa shape index (κ2) is 6.42. The number of halogens is 2. The van der Waals surface area contributed by atoms with Gasteiger partial charge in [0.15, 0.2) is 0 Å². The lowest BCUT2D eigenvalue weighted by Crippen LogP contribution is -2.39. The first-order valence-corrected chi connectivity index (χ1v) is 7.98. The molecule has 110 valence electrons. The van der Waals surface area contributed by atoms with E-state index < -0.39 is 0 Å². The van der Waals surface area contributed by atoms with Gasteiger partial charge in [-0.15, -0.1) is 0 Å². The molecule has 0 radical (unpaired) electrons. The molecular formula is C16H22ClFN2. The SMILES string of the molecule is Fc1ccc(CN2CCCC(CNC3CC3)C2)c(Cl)c1. The summed E-state index contributed by atoms with van der Waals surface area (Å²) < 4.78 is 13.1. The molecule has 4 heteroatoms. The fraction of sp³-hybridized carbons (Fsp3) is 0.625. The van der Waals surface area contributed by atoms with Crippen LogP contribution in [0.25, 0.3) is 0 Å². The molecule has 0 aromatic heterocycles. The average molecular weight is 297 g/mol. The summed E-state index contributed by atoms with van der Waals surface area (Å²) in [5.41, 5.74) is 1.03. The summed E-state index contributed by atoms with van der Waals surface area (Å²) in [7, 11) is 0. The molecule has 0 bridgehead atoms. The van der Waals surface area contributed by atoms with E-state index in [2.05, 4.69) is 10.2 Å². The first-order chi connectivity index (χ1) is 9.70. The first kappa shape index (κ1) is 14.3. The standard InChI is InChI=1S/C16H22ClFN2/c17-16-8-14(18)4-3-13(16)11-20-7-1-2-12(10-20)9-19-15-5-6-15/h3-4,8,12,15,19H,1-2,5-7,9-11H2. The molecule has 1 aromatic rings. The smallest absolute Gasteiger partial charge is 0.124 e. The molecule has 0 amide bonds. The highest BCUT2D eigenvalue weighted by Crippen LogP contribution is 2.24. The maximum atomic E-state index is 13.1. The summed E-state index contributed by atoms with van der Waals surface area (Å²) in [5, 5.41) is 4.17. The highest BCUT2D eigenvalue weighted by molar-refractivity contribution is 6.31. The van der Waals surface area contributed by atoms with Crippen LogP contribution in [0.4, 0.5) is 4.39 Å². The Morgan fingerprint density at radius 1 is 1.30 bits per heavy atom. The molecule has 1 unspecified atom stereocenters. The zero-order chi connectivity index (χ0) is 13.9. The normalized spacial score (nSPS) is 24.0. The van der Waals surface area contributed by atoms with Crippen LogP contribution in [0.5, 0.6) is 0 Å². The van der Waals surface area contributed by atoms with Gasteiger partial charge in [-0.05, 0) is 62.4 Å². The maximum absolute atomic E-state index is 13.1. The van der Waals surface area contributed by atoms with Crippen molar-refractivity contribution >= 4 is 11.6 Å². The maximum Gasteiger partial charge on any atom is 0.124 e. The topological polar surface area (TPSA) is 15.3 Å². The van der Waals surface area contributed by atoms with Gasteiger partial charge in [-0.25, -0.2) is 4.39 Å². The Hall–Kier alpha value is -0.640. The van der Waals surface area contributed by atoms with Crippen LogP contribution in [0, 0.1) is 11.7 Å². The number of nitrogens with one attached hydrogen (secondary N) is 1. The number of benzene rings is 1. The van der Waals surface area contributed by atoms with Gasteiger partial charge in [0.2, 0.25) is 0 Å². The Bertz CT molecular complexity index is 462. The van der Waals surface area contributed by atoms with E-state index in [1.165, 1.54) is 37.8 Å². The predicted octanol–water partition coefficient (Wildman–Crippen LogP) is 3.44. The molecule has 1 heterocycles. The highest BCUT2D eigenvalue weighted by Gasteiger charge is 2.24. The number of piperidine rings is 1. The van der Waals surface area contributed by atoms with E-state index in [0.717, 1.165) is 43.7 Å². The lowest BCUT2D eigenvalue weighted by Gasteiger charge is -2.33. The molecule has 1 atom stereocenters. The fourth-order valence-electron chi connectivity index (χ4n) is 2.97. The van der Waals surface area contributed by atoms with Crippen molar-refractivity contribution in [2.75, 3.05) is 19.6 Å². The van der Waals surface area contributed by atoms with Crippen LogP contribution in [-0.4, -0.2) is 30.6 Å². The van der Waals surface area contributed by atoms with Crippen LogP contribution >= 0.6 is 11.6 Å². The number of rotatable bonds is 5. The summed E-state index contributed by atoms with van der Waals surface area (Å²) >= 11 is 6.12. The van der Waals surface area contributed by atoms with Crippen molar-refractivity contribution in [2.24, 2.45) is 5.92 Å². The van der Waals surface area contributed by atoms with E-state index in [9.17, 15) is 4.39 Å². The van der Waals surface area contributed by atoms with Crippen LogP contribution in [0.15, 0.2) is 18.2 Å². The molecule has 1 aromatic carbocycles. The third kappa shape index (κ3) is 3.94. The molecule has 1 aliphatic carbocycles. The minimum absolute atomic E-state index is 0.260. The Balaban J connectivity index is 1.53. The summed E-state index contributed by atoms with van der Waals surface area (Å²) in [6.07, 6.45) is 5.26. The van der Waals surface area contributed by atoms with Gasteiger partial charge in [0.1, 0.15) is 5.82 Å². The second-order valence-corrected chi connectivity index (χ2v) is 6.57. The molecular weight excluding hydrogens is 275 g/mol. The first-order valence-electron chi connectivity index (χ1n) is 7.60. The van der Waals surface area contributed by atoms with Gasteiger partial charge in [0.25, 0.3) is 0 Å². The Kier molecular flexibility index (Phi) is 4.59. The van der Waals surface area contributed by atoms with Crippen LogP contribution in [-0.2, 0) is 6.54 Å². The van der Waals surface area contributed by atoms with Crippen LogP contribution in [0.3, 0.4) is 0 Å². The molecule has 1 saturated heterocycles. The summed E-state index contributed by atoms with van der Waals surface area (Å²) in [5.74, 6) is 0.479. The molecule has 3 rings (SSSR count). The van der Waals surface area contributed by atoms with Crippen LogP contribution in [0.1, 0.15) is 31.2 Å². The predicted molar refractivity (Wildman–Crippen MR) is 80.4 cm³/mol. The molecule has 0 spiro atoms. The Labute approximate surface area is 125 Å². The van der Waals surface area contributed by atoms with Crippen molar-refractivity contribution < 1.29 is 4.39 Å². The largest absolute Gasteiger partial charge is 0.314 e. The second-order valence-electron chi connectivity index (χ2n) is 6.16. The van der Waals surface area contributed by atoms with Gasteiger partial charge in [-0.3, -0.25) is 4.90 Å². The summed E-state index contributed by atoms with van der Waals surface area (Å²) in [6.45, 7) is 4.21. The minimum Gasteiger partial charge on any atom is -0.314 e. The number of likely N-dealkylation sites (tertiary alicyclic amines) is 1. The molecule has 1 saturated carbocycles. The van der Waals surface area contributed by atoms with Crippen molar-refractivity contribution in [3.63, 3.8) is 0 Å². The van der Waals surface area contributed by atoms with Crippen molar-refractivity contribution in [1.82, 2.24) is 10.2 Å². The van der Waals surface area contributed by atoms with Crippen molar-refractivity contribution in [1.29, 1.82) is 0 Å². The molecule has 2 nitrogen and oxygen atoms in total. The lowest BCUT2D eigenvalue weighted by atomic mass is 9.97. The third-order valence-electron chi connectivity index (χ3n) is 4.28. The van der Waals surface area contributed by atoms with Gasteiger partial charge in [0, 0.05) is 24.2 Å². The van der Waals surface area contributed by atoms with E-state index >= 15 is 0 Å². The number of hydrogen-bond donors (Lipinski definition) is 1. The summed E-state index contributed by atoms with van der Waals surface area (Å²) in [6, 6.07) is 5.51. The van der Waals surface area contributed by atoms with Crippen LogP contribution < -0.4 is 5.32 Å². The number of hydrogen-bond acceptors (Lipinski definition) is 2. The van der Waals surface area contributed by atoms with E-state index in [1.54, 1.807) is 0 Å². The van der Waals surface area contributed by atoms with Crippen molar-refractivity contribution in [3.8, 4) is 0 Å². The van der Waals surface area contributed by atoms with Crippen molar-refractivity contribution in [2.45, 2.75) is 38.3 Å². The zero-order valence-corrected chi connectivity index (χ0v) is 12.5. The van der Waals surface area contributed by atoms with Gasteiger partial charge in [0.05, 0.1) is 0 Å². The Morgan fingerprint density at radius 3 is 2.90 bits per heavy atom. The lowest BCUT2D eigenvalue weighted by molar-refractivity contribution is 0.165. The Morgan fingerprint density at radius 2 is 2.15 bits per heavy atom. The monoisotopic (exact) mass is 296 g/mol. The van der Waals surface area contributed by atoms with Gasteiger partial charge < -0.3 is 5.32 Å². The molecule has 1 aliphatic heterocycles.